The molecule has 0 aromatic rings. The first-order valence-electron chi connectivity index (χ1n) is 2.65. The van der Waals surface area contributed by atoms with Crippen LogP contribution in [0.5, 0.6) is 0 Å². The summed E-state index contributed by atoms with van der Waals surface area (Å²) in [6, 6.07) is 0. The molecule has 0 aromatic heterocycles. The maximum Gasteiger partial charge on any atom is 0.116 e. The number of hydrazine groups is 1. The molecule has 4 nitrogen and oxygen atoms in total. The number of nitrogens with one attached hydrogen (secondary N) is 1. The summed E-state index contributed by atoms with van der Waals surface area (Å²) >= 11 is 0. The topological polar surface area (TPSA) is 84.3 Å². The highest BCUT2D eigenvalue weighted by Gasteiger charge is 1.95. The van der Waals surface area contributed by atoms with Gasteiger partial charge < -0.3 is 10.8 Å². The molecule has 0 saturated carbocycles. The van der Waals surface area contributed by atoms with Crippen molar-refractivity contribution >= 4 is 0 Å². The van der Waals surface area contributed by atoms with Gasteiger partial charge in [-0.25, -0.2) is 5.43 Å². The summed E-state index contributed by atoms with van der Waals surface area (Å²) in [6.07, 6.45) is 0.816. The van der Waals surface area contributed by atoms with Gasteiger partial charge in [-0.05, 0) is 19.4 Å². The quantitative estimate of drug-likeness (QED) is 0.206. The highest BCUT2D eigenvalue weighted by molar-refractivity contribution is 4.47. The van der Waals surface area contributed by atoms with Crippen LogP contribution >= 0.6 is 0 Å². The SMILES string of the molecule is NCCCC(O)NN. The van der Waals surface area contributed by atoms with Gasteiger partial charge in [-0.15, -0.1) is 0 Å². The van der Waals surface area contributed by atoms with Crippen LogP contribution in [0.1, 0.15) is 12.8 Å². The molecule has 0 aliphatic carbocycles. The minimum Gasteiger partial charge on any atom is -0.377 e. The minimum atomic E-state index is -0.599. The van der Waals surface area contributed by atoms with E-state index in [0.717, 1.165) is 6.42 Å². The molecule has 0 aromatic carbocycles. The summed E-state index contributed by atoms with van der Waals surface area (Å²) in [5.74, 6) is 4.87. The van der Waals surface area contributed by atoms with Crippen LogP contribution in [0.4, 0.5) is 0 Å². The monoisotopic (exact) mass is 119 g/mol. The zero-order chi connectivity index (χ0) is 6.41. The number of hydrogen-bond acceptors (Lipinski definition) is 4. The summed E-state index contributed by atoms with van der Waals surface area (Å²) in [6.45, 7) is 0.596. The lowest BCUT2D eigenvalue weighted by atomic mass is 10.3. The maximum absolute atomic E-state index is 8.70. The first-order valence-corrected chi connectivity index (χ1v) is 2.65. The smallest absolute Gasteiger partial charge is 0.116 e. The number of aliphatic hydroxyl groups is 1. The van der Waals surface area contributed by atoms with Gasteiger partial charge in [0.15, 0.2) is 0 Å². The summed E-state index contributed by atoms with van der Waals surface area (Å²) in [5.41, 5.74) is 7.35. The lowest BCUT2D eigenvalue weighted by Crippen LogP contribution is -2.34. The fraction of sp³-hybridized carbons (Fsp3) is 1.00. The van der Waals surface area contributed by atoms with Crippen LogP contribution in [-0.2, 0) is 0 Å². The maximum atomic E-state index is 8.70. The predicted molar refractivity (Wildman–Crippen MR) is 31.6 cm³/mol. The lowest BCUT2D eigenvalue weighted by Gasteiger charge is -2.05. The van der Waals surface area contributed by atoms with Gasteiger partial charge in [-0.1, -0.05) is 0 Å². The van der Waals surface area contributed by atoms with Crippen molar-refractivity contribution in [3.8, 4) is 0 Å². The van der Waals surface area contributed by atoms with Crippen molar-refractivity contribution in [3.63, 3.8) is 0 Å². The van der Waals surface area contributed by atoms with Gasteiger partial charge >= 0.3 is 0 Å². The minimum absolute atomic E-state index is 0.596. The molecule has 4 heteroatoms. The summed E-state index contributed by atoms with van der Waals surface area (Å²) in [5, 5.41) is 8.70. The highest BCUT2D eigenvalue weighted by atomic mass is 16.3. The first kappa shape index (κ1) is 7.84. The van der Waals surface area contributed by atoms with Crippen LogP contribution in [0.3, 0.4) is 0 Å². The Morgan fingerprint density at radius 3 is 2.62 bits per heavy atom. The molecule has 50 valence electrons. The summed E-state index contributed by atoms with van der Waals surface area (Å²) in [4.78, 5) is 0. The molecule has 0 spiro atoms. The van der Waals surface area contributed by atoms with Crippen LogP contribution in [0.25, 0.3) is 0 Å². The number of rotatable bonds is 4. The normalized spacial score (nSPS) is 13.9. The Bertz CT molecular complexity index is 50.5. The molecule has 0 bridgehead atoms. The van der Waals surface area contributed by atoms with E-state index in [1.807, 2.05) is 0 Å². The Balaban J connectivity index is 2.86. The molecule has 0 saturated heterocycles. The third kappa shape index (κ3) is 4.01. The molecule has 0 radical (unpaired) electrons. The van der Waals surface area contributed by atoms with E-state index in [-0.39, 0.29) is 0 Å². The van der Waals surface area contributed by atoms with Gasteiger partial charge in [0, 0.05) is 0 Å². The average molecular weight is 119 g/mol. The van der Waals surface area contributed by atoms with Gasteiger partial charge in [0.25, 0.3) is 0 Å². The molecule has 0 rings (SSSR count). The van der Waals surface area contributed by atoms with Crippen LogP contribution in [-0.4, -0.2) is 17.9 Å². The van der Waals surface area contributed by atoms with E-state index < -0.39 is 6.23 Å². The van der Waals surface area contributed by atoms with Crippen molar-refractivity contribution in [2.75, 3.05) is 6.54 Å². The van der Waals surface area contributed by atoms with Gasteiger partial charge in [-0.3, -0.25) is 5.84 Å². The van der Waals surface area contributed by atoms with Crippen LogP contribution in [0, 0.1) is 0 Å². The lowest BCUT2D eigenvalue weighted by molar-refractivity contribution is 0.127. The van der Waals surface area contributed by atoms with Gasteiger partial charge in [0.1, 0.15) is 6.23 Å². The van der Waals surface area contributed by atoms with E-state index in [1.54, 1.807) is 0 Å². The van der Waals surface area contributed by atoms with Crippen LogP contribution in [0.15, 0.2) is 0 Å². The van der Waals surface area contributed by atoms with Crippen molar-refractivity contribution in [1.82, 2.24) is 5.43 Å². The van der Waals surface area contributed by atoms with Crippen molar-refractivity contribution in [1.29, 1.82) is 0 Å². The fourth-order valence-electron chi connectivity index (χ4n) is 0.395. The molecule has 0 fully saturated rings. The van der Waals surface area contributed by atoms with Crippen molar-refractivity contribution < 1.29 is 5.11 Å². The molecule has 1 atom stereocenters. The molecular weight excluding hydrogens is 106 g/mol. The molecule has 0 amide bonds. The van der Waals surface area contributed by atoms with Crippen molar-refractivity contribution in [3.05, 3.63) is 0 Å². The second kappa shape index (κ2) is 4.99. The average Bonchev–Trinajstić information content (AvgIpc) is 1.83. The Morgan fingerprint density at radius 1 is 1.62 bits per heavy atom. The van der Waals surface area contributed by atoms with E-state index in [0.29, 0.717) is 13.0 Å². The second-order valence-corrected chi connectivity index (χ2v) is 1.61. The molecule has 1 unspecified atom stereocenters. The first-order chi connectivity index (χ1) is 3.81. The Hall–Kier alpha value is -0.160. The van der Waals surface area contributed by atoms with E-state index in [4.69, 9.17) is 16.7 Å². The predicted octanol–water partition coefficient (Wildman–Crippen LogP) is -1.49. The Labute approximate surface area is 48.8 Å². The Morgan fingerprint density at radius 2 is 2.25 bits per heavy atom. The molecule has 0 heterocycles. The third-order valence-corrected chi connectivity index (χ3v) is 0.874. The largest absolute Gasteiger partial charge is 0.377 e. The van der Waals surface area contributed by atoms with E-state index >= 15 is 0 Å². The van der Waals surface area contributed by atoms with Crippen LogP contribution in [0.2, 0.25) is 0 Å². The van der Waals surface area contributed by atoms with Gasteiger partial charge in [0.05, 0.1) is 0 Å². The summed E-state index contributed by atoms with van der Waals surface area (Å²) in [7, 11) is 0. The Kier molecular flexibility index (Phi) is 4.89. The van der Waals surface area contributed by atoms with Crippen molar-refractivity contribution in [2.24, 2.45) is 11.6 Å². The molecule has 0 aliphatic rings. The number of hydrogen-bond donors (Lipinski definition) is 4. The molecule has 6 N–H and O–H groups in total. The number of nitrogens with two attached hydrogens (primary N) is 2. The summed E-state index contributed by atoms with van der Waals surface area (Å²) < 4.78 is 0. The highest BCUT2D eigenvalue weighted by Crippen LogP contribution is 1.87. The third-order valence-electron chi connectivity index (χ3n) is 0.874. The fourth-order valence-corrected chi connectivity index (χ4v) is 0.395. The zero-order valence-corrected chi connectivity index (χ0v) is 4.80. The van der Waals surface area contributed by atoms with E-state index in [2.05, 4.69) is 5.43 Å². The van der Waals surface area contributed by atoms with Crippen molar-refractivity contribution in [2.45, 2.75) is 19.1 Å². The molecule has 0 aliphatic heterocycles. The van der Waals surface area contributed by atoms with Crippen LogP contribution < -0.4 is 17.0 Å². The van der Waals surface area contributed by atoms with E-state index in [1.165, 1.54) is 0 Å². The standard InChI is InChI=1S/C4H13N3O/c5-3-1-2-4(8)7-6/h4,7-8H,1-3,5-6H2. The van der Waals surface area contributed by atoms with E-state index in [9.17, 15) is 0 Å². The zero-order valence-electron chi connectivity index (χ0n) is 4.80. The molecular formula is C4H13N3O. The van der Waals surface area contributed by atoms with Gasteiger partial charge in [0.2, 0.25) is 0 Å². The second-order valence-electron chi connectivity index (χ2n) is 1.61. The van der Waals surface area contributed by atoms with Gasteiger partial charge in [-0.2, -0.15) is 0 Å². The molecule has 8 heavy (non-hydrogen) atoms. The number of aliphatic hydroxyl groups excluding tert-OH is 1.